The van der Waals surface area contributed by atoms with Crippen LogP contribution in [0.2, 0.25) is 0 Å². The van der Waals surface area contributed by atoms with Crippen molar-refractivity contribution in [3.8, 4) is 44.5 Å². The molecule has 3 aliphatic rings. The molecule has 0 radical (unpaired) electrons. The molecular formula is C54H43N. The molecule has 1 spiro atoms. The quantitative estimate of drug-likeness (QED) is 0.172. The predicted molar refractivity (Wildman–Crippen MR) is 232 cm³/mol. The second kappa shape index (κ2) is 12.2. The fourth-order valence-corrected chi connectivity index (χ4v) is 10.6. The van der Waals surface area contributed by atoms with E-state index < -0.39 is 0 Å². The van der Waals surface area contributed by atoms with E-state index in [1.807, 2.05) is 0 Å². The van der Waals surface area contributed by atoms with Gasteiger partial charge in [-0.05, 0) is 133 Å². The Morgan fingerprint density at radius 2 is 0.927 bits per heavy atom. The first-order valence-electron chi connectivity index (χ1n) is 20.0. The first kappa shape index (κ1) is 32.3. The van der Waals surface area contributed by atoms with Crippen molar-refractivity contribution in [2.75, 3.05) is 4.90 Å². The second-order valence-corrected chi connectivity index (χ2v) is 16.5. The van der Waals surface area contributed by atoms with Crippen LogP contribution in [0.4, 0.5) is 17.1 Å². The number of benzene rings is 8. The zero-order chi connectivity index (χ0) is 36.7. The van der Waals surface area contributed by atoms with Crippen LogP contribution in [0, 0.1) is 0 Å². The Balaban J connectivity index is 1.03. The Labute approximate surface area is 324 Å². The normalized spacial score (nSPS) is 15.5. The van der Waals surface area contributed by atoms with Crippen LogP contribution in [0.1, 0.15) is 61.8 Å². The standard InChI is InChI=1S/C54H43N/c1-53(2)49-18-7-5-15-46(49)48-17-11-16-44(52(48)53)38-24-28-42(29-25-38)55(41-26-22-37(23-27-41)40-21-20-36-12-3-4-13-39(36)34-40)43-30-31-47-45-14-6-8-19-50(45)54(51(47)35-43)32-9-10-33-54/h3-8,11-31,34-35H,9-10,32-33H2,1-2H3. The lowest BCUT2D eigenvalue weighted by atomic mass is 9.76. The highest BCUT2D eigenvalue weighted by Gasteiger charge is 2.45. The Bertz CT molecular complexity index is 2780. The fourth-order valence-electron chi connectivity index (χ4n) is 10.6. The van der Waals surface area contributed by atoms with E-state index in [9.17, 15) is 0 Å². The van der Waals surface area contributed by atoms with E-state index in [1.165, 1.54) is 109 Å². The van der Waals surface area contributed by atoms with Gasteiger partial charge in [-0.25, -0.2) is 0 Å². The predicted octanol–water partition coefficient (Wildman–Crippen LogP) is 14.8. The lowest BCUT2D eigenvalue weighted by Crippen LogP contribution is -2.21. The van der Waals surface area contributed by atoms with Gasteiger partial charge < -0.3 is 4.90 Å². The van der Waals surface area contributed by atoms with E-state index in [-0.39, 0.29) is 10.8 Å². The third-order valence-electron chi connectivity index (χ3n) is 13.2. The maximum atomic E-state index is 2.52. The summed E-state index contributed by atoms with van der Waals surface area (Å²) >= 11 is 0. The molecule has 11 rings (SSSR count). The van der Waals surface area contributed by atoms with Crippen LogP contribution < -0.4 is 4.90 Å². The molecule has 0 aromatic heterocycles. The number of anilines is 3. The molecule has 264 valence electrons. The molecule has 0 saturated heterocycles. The van der Waals surface area contributed by atoms with Crippen LogP contribution in [0.15, 0.2) is 176 Å². The van der Waals surface area contributed by atoms with E-state index in [1.54, 1.807) is 0 Å². The van der Waals surface area contributed by atoms with Crippen molar-refractivity contribution in [3.63, 3.8) is 0 Å². The smallest absolute Gasteiger partial charge is 0.0465 e. The van der Waals surface area contributed by atoms with Crippen molar-refractivity contribution in [1.82, 2.24) is 0 Å². The molecule has 8 aromatic rings. The zero-order valence-corrected chi connectivity index (χ0v) is 31.5. The first-order chi connectivity index (χ1) is 27.0. The Morgan fingerprint density at radius 3 is 1.67 bits per heavy atom. The van der Waals surface area contributed by atoms with Gasteiger partial charge >= 0.3 is 0 Å². The highest BCUT2D eigenvalue weighted by atomic mass is 15.1. The zero-order valence-electron chi connectivity index (χ0n) is 31.5. The third kappa shape index (κ3) is 4.85. The molecule has 0 amide bonds. The summed E-state index contributed by atoms with van der Waals surface area (Å²) in [6.07, 6.45) is 5.00. The number of hydrogen-bond acceptors (Lipinski definition) is 1. The molecule has 1 nitrogen and oxygen atoms in total. The summed E-state index contributed by atoms with van der Waals surface area (Å²) in [6.45, 7) is 4.75. The highest BCUT2D eigenvalue weighted by molar-refractivity contribution is 5.91. The molecule has 0 aliphatic heterocycles. The molecular weight excluding hydrogens is 663 g/mol. The van der Waals surface area contributed by atoms with E-state index in [0.717, 1.165) is 11.4 Å². The highest BCUT2D eigenvalue weighted by Crippen LogP contribution is 2.58. The molecule has 55 heavy (non-hydrogen) atoms. The Morgan fingerprint density at radius 1 is 0.382 bits per heavy atom. The van der Waals surface area contributed by atoms with Crippen LogP contribution in [0.25, 0.3) is 55.3 Å². The lowest BCUT2D eigenvalue weighted by molar-refractivity contribution is 0.550. The maximum absolute atomic E-state index is 2.52. The van der Waals surface area contributed by atoms with E-state index >= 15 is 0 Å². The van der Waals surface area contributed by atoms with Crippen molar-refractivity contribution in [3.05, 3.63) is 198 Å². The molecule has 0 atom stereocenters. The van der Waals surface area contributed by atoms with E-state index in [4.69, 9.17) is 0 Å². The van der Waals surface area contributed by atoms with E-state index in [2.05, 4.69) is 195 Å². The van der Waals surface area contributed by atoms with Gasteiger partial charge in [-0.2, -0.15) is 0 Å². The van der Waals surface area contributed by atoms with Crippen LogP contribution in [0.5, 0.6) is 0 Å². The van der Waals surface area contributed by atoms with Crippen molar-refractivity contribution >= 4 is 27.8 Å². The van der Waals surface area contributed by atoms with Crippen molar-refractivity contribution in [2.45, 2.75) is 50.4 Å². The average Bonchev–Trinajstić information content (AvgIpc) is 3.91. The molecule has 0 heterocycles. The summed E-state index contributed by atoms with van der Waals surface area (Å²) in [7, 11) is 0. The fraction of sp³-hybridized carbons (Fsp3) is 0.148. The number of rotatable bonds is 5. The van der Waals surface area contributed by atoms with Crippen molar-refractivity contribution in [1.29, 1.82) is 0 Å². The van der Waals surface area contributed by atoms with Gasteiger partial charge in [0, 0.05) is 27.9 Å². The molecule has 1 fully saturated rings. The van der Waals surface area contributed by atoms with Crippen LogP contribution >= 0.6 is 0 Å². The minimum absolute atomic E-state index is 0.0712. The number of hydrogen-bond donors (Lipinski definition) is 0. The SMILES string of the molecule is CC1(C)c2ccccc2-c2cccc(-c3ccc(N(c4ccc(-c5ccc6ccccc6c5)cc4)c4ccc5c(c4)C4(CCCC4)c4ccccc4-5)cc3)c21. The van der Waals surface area contributed by atoms with Crippen molar-refractivity contribution < 1.29 is 0 Å². The second-order valence-electron chi connectivity index (χ2n) is 16.5. The number of fused-ring (bicyclic) bond motifs is 9. The Hall–Kier alpha value is -6.18. The van der Waals surface area contributed by atoms with Gasteiger partial charge in [0.15, 0.2) is 0 Å². The largest absolute Gasteiger partial charge is 0.310 e. The lowest BCUT2D eigenvalue weighted by Gasteiger charge is -2.30. The number of nitrogens with zero attached hydrogens (tertiary/aromatic N) is 1. The minimum Gasteiger partial charge on any atom is -0.310 e. The van der Waals surface area contributed by atoms with Crippen LogP contribution in [-0.4, -0.2) is 0 Å². The first-order valence-corrected chi connectivity index (χ1v) is 20.0. The van der Waals surface area contributed by atoms with E-state index in [0.29, 0.717) is 0 Å². The topological polar surface area (TPSA) is 3.24 Å². The summed E-state index contributed by atoms with van der Waals surface area (Å²) in [5.74, 6) is 0. The van der Waals surface area contributed by atoms with Gasteiger partial charge in [0.1, 0.15) is 0 Å². The van der Waals surface area contributed by atoms with Crippen molar-refractivity contribution in [2.24, 2.45) is 0 Å². The third-order valence-corrected chi connectivity index (χ3v) is 13.2. The summed E-state index contributed by atoms with van der Waals surface area (Å²) in [5, 5.41) is 2.53. The van der Waals surface area contributed by atoms with Crippen LogP contribution in [-0.2, 0) is 10.8 Å². The van der Waals surface area contributed by atoms with Gasteiger partial charge in [0.2, 0.25) is 0 Å². The minimum atomic E-state index is -0.0712. The summed E-state index contributed by atoms with van der Waals surface area (Å²) in [5.41, 5.74) is 20.0. The van der Waals surface area contributed by atoms with Gasteiger partial charge in [-0.1, -0.05) is 160 Å². The molecule has 1 saturated carbocycles. The molecule has 0 bridgehead atoms. The summed E-state index contributed by atoms with van der Waals surface area (Å²) in [6, 6.07) is 66.1. The van der Waals surface area contributed by atoms with Gasteiger partial charge in [0.25, 0.3) is 0 Å². The van der Waals surface area contributed by atoms with Crippen LogP contribution in [0.3, 0.4) is 0 Å². The van der Waals surface area contributed by atoms with Gasteiger partial charge in [0.05, 0.1) is 0 Å². The van der Waals surface area contributed by atoms with Gasteiger partial charge in [-0.15, -0.1) is 0 Å². The summed E-state index contributed by atoms with van der Waals surface area (Å²) in [4.78, 5) is 2.47. The average molecular weight is 706 g/mol. The molecule has 0 N–H and O–H groups in total. The maximum Gasteiger partial charge on any atom is 0.0465 e. The molecule has 3 aliphatic carbocycles. The molecule has 8 aromatic carbocycles. The molecule has 0 unspecified atom stereocenters. The molecule has 1 heteroatoms. The summed E-state index contributed by atoms with van der Waals surface area (Å²) < 4.78 is 0. The monoisotopic (exact) mass is 705 g/mol. The van der Waals surface area contributed by atoms with Gasteiger partial charge in [-0.3, -0.25) is 0 Å². The Kier molecular flexibility index (Phi) is 7.14.